The van der Waals surface area contributed by atoms with Crippen LogP contribution in [0.5, 0.6) is 0 Å². The monoisotopic (exact) mass is 987 g/mol. The van der Waals surface area contributed by atoms with Crippen molar-refractivity contribution in [2.45, 2.75) is 24.4 Å². The lowest BCUT2D eigenvalue weighted by molar-refractivity contribution is 0.757. The van der Waals surface area contributed by atoms with Gasteiger partial charge in [0.25, 0.3) is 0 Å². The summed E-state index contributed by atoms with van der Waals surface area (Å²) in [5.41, 5.74) is 25.7. The molecule has 0 spiro atoms. The van der Waals surface area contributed by atoms with Gasteiger partial charge in [0.05, 0.1) is 32.9 Å². The zero-order chi connectivity index (χ0) is 51.7. The summed E-state index contributed by atoms with van der Waals surface area (Å²) in [6, 6.07) is 89.6. The second kappa shape index (κ2) is 18.2. The average molecular weight is 988 g/mol. The molecule has 5 nitrogen and oxygen atoms in total. The van der Waals surface area contributed by atoms with Gasteiger partial charge in [-0.15, -0.1) is 0 Å². The van der Waals surface area contributed by atoms with Crippen LogP contribution in [-0.4, -0.2) is 20.9 Å². The number of para-hydroxylation sites is 2. The summed E-state index contributed by atoms with van der Waals surface area (Å²) in [4.78, 5) is 10.9. The van der Waals surface area contributed by atoms with Gasteiger partial charge in [0.2, 0.25) is 5.96 Å². The second-order valence-corrected chi connectivity index (χ2v) is 20.1. The first kappa shape index (κ1) is 45.7. The first-order valence-electron chi connectivity index (χ1n) is 26.5. The number of nitrogens with two attached hydrogens (primary N) is 1. The van der Waals surface area contributed by atoms with Gasteiger partial charge in [0, 0.05) is 27.1 Å². The van der Waals surface area contributed by atoms with Crippen LogP contribution in [0.2, 0.25) is 0 Å². The zero-order valence-corrected chi connectivity index (χ0v) is 42.7. The number of rotatable bonds is 9. The fourth-order valence-corrected chi connectivity index (χ4v) is 13.3. The van der Waals surface area contributed by atoms with E-state index in [0.29, 0.717) is 11.8 Å². The maximum atomic E-state index is 7.53. The van der Waals surface area contributed by atoms with E-state index >= 15 is 0 Å². The lowest BCUT2D eigenvalue weighted by atomic mass is 9.66. The van der Waals surface area contributed by atoms with Crippen LogP contribution in [0.15, 0.2) is 289 Å². The molecule has 0 aliphatic heterocycles. The van der Waals surface area contributed by atoms with E-state index in [-0.39, 0.29) is 6.67 Å². The van der Waals surface area contributed by atoms with Crippen LogP contribution in [0.1, 0.15) is 57.0 Å². The Morgan fingerprint density at radius 1 is 0.468 bits per heavy atom. The van der Waals surface area contributed by atoms with E-state index in [0.717, 1.165) is 54.7 Å². The van der Waals surface area contributed by atoms with E-state index in [1.165, 1.54) is 61.2 Å². The van der Waals surface area contributed by atoms with Gasteiger partial charge >= 0.3 is 0 Å². The Balaban J connectivity index is 0.982. The standard InChI is InChI=1S/C72H53N5/c1-3-26-61-53(4-2)57-43-59-55-38-21-24-41-65(55)76(67(59)45-63(57)71(61,49-29-12-6-13-30-49)50-31-14-7-15-32-50)47-74-69(48-27-10-5-11-28-48)75-70(73)77-66-42-25-22-39-56(66)60-44-58-54-37-20-23-40-62(54)72(64(58)46-68(60)77,51-33-16-8-17-34-51)52-35-18-9-19-36-52/h3-46H,2,47H2,1H3,(H2,73,74,75)/b26-3-. The highest BCUT2D eigenvalue weighted by Gasteiger charge is 2.48. The third kappa shape index (κ3) is 6.73. The summed E-state index contributed by atoms with van der Waals surface area (Å²) >= 11 is 0. The van der Waals surface area contributed by atoms with Gasteiger partial charge in [0.15, 0.2) is 5.84 Å². The summed E-state index contributed by atoms with van der Waals surface area (Å²) in [5, 5.41) is 4.51. The molecular weight excluding hydrogens is 935 g/mol. The third-order valence-electron chi connectivity index (χ3n) is 16.3. The van der Waals surface area contributed by atoms with E-state index in [2.05, 4.69) is 265 Å². The van der Waals surface area contributed by atoms with Crippen molar-refractivity contribution in [3.05, 3.63) is 329 Å². The summed E-state index contributed by atoms with van der Waals surface area (Å²) in [6.07, 6.45) is 6.47. The van der Waals surface area contributed by atoms with Crippen LogP contribution < -0.4 is 5.73 Å². The predicted octanol–water partition coefficient (Wildman–Crippen LogP) is 16.4. The van der Waals surface area contributed by atoms with Crippen molar-refractivity contribution in [1.29, 1.82) is 0 Å². The Morgan fingerprint density at radius 3 is 1.56 bits per heavy atom. The molecule has 77 heavy (non-hydrogen) atoms. The fourth-order valence-electron chi connectivity index (χ4n) is 13.3. The highest BCUT2D eigenvalue weighted by atomic mass is 15.2. The Kier molecular flexibility index (Phi) is 10.8. The summed E-state index contributed by atoms with van der Waals surface area (Å²) in [7, 11) is 0. The van der Waals surface area contributed by atoms with Crippen LogP contribution in [0.25, 0.3) is 60.3 Å². The summed E-state index contributed by atoms with van der Waals surface area (Å²) in [5.74, 6) is 0.862. The van der Waals surface area contributed by atoms with Crippen LogP contribution in [0.3, 0.4) is 0 Å². The molecular formula is C72H53N5. The predicted molar refractivity (Wildman–Crippen MR) is 321 cm³/mol. The number of benzene rings is 10. The SMILES string of the molecule is C=CC1=C(/C=C\C)C(c2ccccc2)(c2ccccc2)c2cc3c(cc21)c1ccccc1n3C/N=C(\N=C(N)n1c2ccccc2c2cc3c(cc21)C(c1ccccc1)(c1ccccc1)c1ccccc1-3)c1ccccc1. The Labute approximate surface area is 448 Å². The topological polar surface area (TPSA) is 60.6 Å². The Morgan fingerprint density at radius 2 is 0.948 bits per heavy atom. The Hall–Kier alpha value is -9.84. The number of hydrogen-bond donors (Lipinski definition) is 1. The van der Waals surface area contributed by atoms with E-state index in [1.807, 2.05) is 24.3 Å². The molecule has 0 radical (unpaired) electrons. The van der Waals surface area contributed by atoms with Crippen molar-refractivity contribution in [2.75, 3.05) is 0 Å². The number of aromatic nitrogens is 2. The molecule has 2 aliphatic carbocycles. The van der Waals surface area contributed by atoms with Gasteiger partial charge in [-0.3, -0.25) is 4.57 Å². The molecule has 14 rings (SSSR count). The number of nitrogens with zero attached hydrogens (tertiary/aromatic N) is 4. The van der Waals surface area contributed by atoms with E-state index in [9.17, 15) is 0 Å². The summed E-state index contributed by atoms with van der Waals surface area (Å²) < 4.78 is 4.48. The van der Waals surface area contributed by atoms with Crippen molar-refractivity contribution in [3.8, 4) is 11.1 Å². The van der Waals surface area contributed by atoms with Gasteiger partial charge in [-0.05, 0) is 110 Å². The molecule has 0 bridgehead atoms. The number of allylic oxidation sites excluding steroid dienone is 5. The third-order valence-corrected chi connectivity index (χ3v) is 16.3. The van der Waals surface area contributed by atoms with Crippen LogP contribution in [0.4, 0.5) is 0 Å². The van der Waals surface area contributed by atoms with Crippen molar-refractivity contribution in [1.82, 2.24) is 9.13 Å². The van der Waals surface area contributed by atoms with Crippen molar-refractivity contribution in [3.63, 3.8) is 0 Å². The molecule has 366 valence electrons. The van der Waals surface area contributed by atoms with Gasteiger partial charge in [-0.25, -0.2) is 4.99 Å². The largest absolute Gasteiger partial charge is 0.369 e. The molecule has 12 aromatic rings. The summed E-state index contributed by atoms with van der Waals surface area (Å²) in [6.45, 7) is 6.83. The quantitative estimate of drug-likeness (QED) is 0.114. The molecule has 0 amide bonds. The molecule has 5 heteroatoms. The lowest BCUT2D eigenvalue weighted by Crippen LogP contribution is -2.29. The molecule has 0 fully saturated rings. The number of amidine groups is 1. The molecule has 10 aromatic carbocycles. The average Bonchev–Trinajstić information content (AvgIpc) is 4.36. The highest BCUT2D eigenvalue weighted by Crippen LogP contribution is 2.58. The first-order chi connectivity index (χ1) is 38.0. The maximum absolute atomic E-state index is 7.53. The highest BCUT2D eigenvalue weighted by molar-refractivity contribution is 6.18. The number of aliphatic imine (C=N–C) groups is 2. The zero-order valence-electron chi connectivity index (χ0n) is 42.7. The van der Waals surface area contributed by atoms with E-state index in [1.54, 1.807) is 0 Å². The lowest BCUT2D eigenvalue weighted by Gasteiger charge is -2.35. The minimum Gasteiger partial charge on any atom is -0.369 e. The van der Waals surface area contributed by atoms with Crippen LogP contribution >= 0.6 is 0 Å². The fraction of sp³-hybridized carbons (Fsp3) is 0.0556. The molecule has 2 aromatic heterocycles. The molecule has 2 heterocycles. The Bertz CT molecular complexity index is 4340. The van der Waals surface area contributed by atoms with Crippen molar-refractivity contribution >= 4 is 61.0 Å². The molecule has 0 saturated carbocycles. The molecule has 2 N–H and O–H groups in total. The normalized spacial score (nSPS) is 14.7. The van der Waals surface area contributed by atoms with Gasteiger partial charge in [-0.2, -0.15) is 4.99 Å². The first-order valence-corrected chi connectivity index (χ1v) is 26.5. The van der Waals surface area contributed by atoms with Gasteiger partial charge < -0.3 is 10.3 Å². The molecule has 0 atom stereocenters. The van der Waals surface area contributed by atoms with Gasteiger partial charge in [0.1, 0.15) is 6.67 Å². The van der Waals surface area contributed by atoms with E-state index in [4.69, 9.17) is 15.7 Å². The van der Waals surface area contributed by atoms with E-state index < -0.39 is 10.8 Å². The van der Waals surface area contributed by atoms with Crippen LogP contribution in [-0.2, 0) is 17.5 Å². The molecule has 2 aliphatic rings. The number of hydrogen-bond acceptors (Lipinski definition) is 1. The maximum Gasteiger partial charge on any atom is 0.207 e. The second-order valence-electron chi connectivity index (χ2n) is 20.1. The minimum absolute atomic E-state index is 0.284. The van der Waals surface area contributed by atoms with Crippen molar-refractivity contribution in [2.24, 2.45) is 15.7 Å². The number of fused-ring (bicyclic) bond motifs is 10. The van der Waals surface area contributed by atoms with Gasteiger partial charge in [-0.1, -0.05) is 237 Å². The minimum atomic E-state index is -0.617. The molecule has 0 unspecified atom stereocenters. The van der Waals surface area contributed by atoms with Crippen LogP contribution in [0, 0.1) is 0 Å². The molecule has 0 saturated heterocycles. The van der Waals surface area contributed by atoms with Crippen molar-refractivity contribution < 1.29 is 0 Å². The smallest absolute Gasteiger partial charge is 0.207 e.